The van der Waals surface area contributed by atoms with E-state index >= 15 is 0 Å². The monoisotopic (exact) mass is 320 g/mol. The van der Waals surface area contributed by atoms with Gasteiger partial charge < -0.3 is 14.6 Å². The first-order valence-corrected chi connectivity index (χ1v) is 8.50. The highest BCUT2D eigenvalue weighted by molar-refractivity contribution is 5.26. The third-order valence-corrected chi connectivity index (χ3v) is 5.70. The molecule has 0 aromatic heterocycles. The Morgan fingerprint density at radius 2 is 1.96 bits per heavy atom. The van der Waals surface area contributed by atoms with E-state index in [1.165, 1.54) is 6.42 Å². The van der Waals surface area contributed by atoms with Gasteiger partial charge in [-0.15, -0.1) is 0 Å². The first-order chi connectivity index (χ1) is 11.2. The van der Waals surface area contributed by atoms with Crippen LogP contribution in [0.1, 0.15) is 49.7 Å². The molecule has 1 aromatic carbocycles. The first kappa shape index (κ1) is 15.5. The van der Waals surface area contributed by atoms with Crippen LogP contribution in [0.25, 0.3) is 0 Å². The molecule has 3 aliphatic heterocycles. The molecule has 5 heteroatoms. The summed E-state index contributed by atoms with van der Waals surface area (Å²) in [6.07, 6.45) is 5.72. The van der Waals surface area contributed by atoms with Gasteiger partial charge >= 0.3 is 0 Å². The van der Waals surface area contributed by atoms with Gasteiger partial charge in [-0.1, -0.05) is 37.1 Å². The van der Waals surface area contributed by atoms with Crippen LogP contribution in [0, 0.1) is 5.92 Å². The molecule has 1 saturated carbocycles. The number of hydrogen-bond donors (Lipinski definition) is 1. The van der Waals surface area contributed by atoms with E-state index in [0.29, 0.717) is 5.92 Å². The Balaban J connectivity index is 1.70. The standard InChI is InChI=1S/C18H24O5/c1-20-16-17-10-3-2-4-14(17)9-11-18(21-16,23-22-17)15-7-5-13(12-19)6-8-15/h5-8,14,16,19H,2-4,9-12H2,1H3/t14-,16-,17+,18+/m1/s1. The fourth-order valence-corrected chi connectivity index (χ4v) is 4.36. The van der Waals surface area contributed by atoms with Crippen molar-refractivity contribution >= 4 is 0 Å². The van der Waals surface area contributed by atoms with Crippen molar-refractivity contribution < 1.29 is 24.4 Å². The molecule has 0 unspecified atom stereocenters. The number of hydrogen-bond acceptors (Lipinski definition) is 5. The van der Waals surface area contributed by atoms with Crippen LogP contribution in [0.3, 0.4) is 0 Å². The number of rotatable bonds is 3. The van der Waals surface area contributed by atoms with E-state index in [-0.39, 0.29) is 6.61 Å². The molecule has 1 aromatic rings. The van der Waals surface area contributed by atoms with Crippen LogP contribution in [-0.2, 0) is 31.6 Å². The predicted octanol–water partition coefficient (Wildman–Crippen LogP) is 3.01. The van der Waals surface area contributed by atoms with Crippen LogP contribution in [-0.4, -0.2) is 24.1 Å². The van der Waals surface area contributed by atoms with E-state index in [2.05, 4.69) is 0 Å². The molecular weight excluding hydrogens is 296 g/mol. The van der Waals surface area contributed by atoms with Crippen molar-refractivity contribution in [3.8, 4) is 0 Å². The molecule has 0 amide bonds. The van der Waals surface area contributed by atoms with Crippen molar-refractivity contribution in [1.29, 1.82) is 0 Å². The van der Waals surface area contributed by atoms with E-state index in [0.717, 1.165) is 43.2 Å². The Kier molecular flexibility index (Phi) is 3.94. The topological polar surface area (TPSA) is 57.2 Å². The highest BCUT2D eigenvalue weighted by atomic mass is 17.3. The maximum Gasteiger partial charge on any atom is 0.230 e. The summed E-state index contributed by atoms with van der Waals surface area (Å²) in [6.45, 7) is 0.0252. The minimum atomic E-state index is -0.919. The molecule has 2 bridgehead atoms. The van der Waals surface area contributed by atoms with Crippen molar-refractivity contribution in [2.24, 2.45) is 5.92 Å². The molecule has 3 heterocycles. The zero-order valence-corrected chi connectivity index (χ0v) is 13.5. The van der Waals surface area contributed by atoms with Crippen molar-refractivity contribution in [1.82, 2.24) is 0 Å². The van der Waals surface area contributed by atoms with Crippen molar-refractivity contribution in [3.63, 3.8) is 0 Å². The van der Waals surface area contributed by atoms with Gasteiger partial charge in [0.25, 0.3) is 0 Å². The lowest BCUT2D eigenvalue weighted by Crippen LogP contribution is -2.59. The molecular formula is C18H24O5. The molecule has 4 fully saturated rings. The molecule has 23 heavy (non-hydrogen) atoms. The van der Waals surface area contributed by atoms with Gasteiger partial charge in [0, 0.05) is 19.1 Å². The summed E-state index contributed by atoms with van der Waals surface area (Å²) in [5.74, 6) is -0.514. The zero-order chi connectivity index (χ0) is 15.9. The number of aliphatic hydroxyl groups excluding tert-OH is 1. The lowest BCUT2D eigenvalue weighted by molar-refractivity contribution is -0.558. The van der Waals surface area contributed by atoms with Gasteiger partial charge in [-0.2, -0.15) is 4.89 Å². The van der Waals surface area contributed by atoms with Crippen LogP contribution < -0.4 is 0 Å². The summed E-state index contributed by atoms with van der Waals surface area (Å²) >= 11 is 0. The predicted molar refractivity (Wildman–Crippen MR) is 82.0 cm³/mol. The number of methoxy groups -OCH3 is 1. The average Bonchev–Trinajstić information content (AvgIpc) is 2.88. The molecule has 1 aliphatic carbocycles. The summed E-state index contributed by atoms with van der Waals surface area (Å²) in [6, 6.07) is 7.66. The van der Waals surface area contributed by atoms with E-state index in [1.54, 1.807) is 7.11 Å². The number of aliphatic hydroxyl groups is 1. The van der Waals surface area contributed by atoms with Crippen molar-refractivity contribution in [2.75, 3.05) is 7.11 Å². The van der Waals surface area contributed by atoms with Gasteiger partial charge in [-0.3, -0.25) is 0 Å². The molecule has 1 N–H and O–H groups in total. The highest BCUT2D eigenvalue weighted by Crippen LogP contribution is 2.55. The van der Waals surface area contributed by atoms with Crippen LogP contribution in [0.4, 0.5) is 0 Å². The van der Waals surface area contributed by atoms with Crippen molar-refractivity contribution in [3.05, 3.63) is 35.4 Å². The van der Waals surface area contributed by atoms with Crippen LogP contribution >= 0.6 is 0 Å². The Morgan fingerprint density at radius 3 is 2.70 bits per heavy atom. The molecule has 4 aliphatic rings. The van der Waals surface area contributed by atoms with E-state index in [9.17, 15) is 5.11 Å². The Morgan fingerprint density at radius 1 is 1.13 bits per heavy atom. The molecule has 3 saturated heterocycles. The maximum absolute atomic E-state index is 9.23. The maximum atomic E-state index is 9.23. The normalized spacial score (nSPS) is 39.7. The lowest BCUT2D eigenvalue weighted by Gasteiger charge is -2.49. The Labute approximate surface area is 136 Å². The Hall–Kier alpha value is -0.980. The number of fused-ring (bicyclic) bond motifs is 3. The van der Waals surface area contributed by atoms with Crippen LogP contribution in [0.15, 0.2) is 24.3 Å². The SMILES string of the molecule is CO[C@@H]1O[C@@]2(c3ccc(CO)cc3)CC[C@H]3CCCC[C@]31OO2. The molecule has 5 rings (SSSR count). The average molecular weight is 320 g/mol. The van der Waals surface area contributed by atoms with Crippen LogP contribution in [0.5, 0.6) is 0 Å². The largest absolute Gasteiger partial charge is 0.392 e. The summed E-state index contributed by atoms with van der Waals surface area (Å²) in [4.78, 5) is 11.9. The van der Waals surface area contributed by atoms with E-state index in [1.807, 2.05) is 24.3 Å². The Bertz CT molecular complexity index is 555. The van der Waals surface area contributed by atoms with Gasteiger partial charge in [0.05, 0.1) is 6.61 Å². The zero-order valence-electron chi connectivity index (χ0n) is 13.5. The quantitative estimate of drug-likeness (QED) is 0.868. The summed E-state index contributed by atoms with van der Waals surface area (Å²) < 4.78 is 12.0. The third kappa shape index (κ3) is 2.34. The molecule has 126 valence electrons. The lowest BCUT2D eigenvalue weighted by atomic mass is 9.73. The summed E-state index contributed by atoms with van der Waals surface area (Å²) in [7, 11) is 1.68. The van der Waals surface area contributed by atoms with Gasteiger partial charge in [0.2, 0.25) is 5.79 Å². The fourth-order valence-electron chi connectivity index (χ4n) is 4.36. The minimum absolute atomic E-state index is 0.0252. The molecule has 5 nitrogen and oxygen atoms in total. The fraction of sp³-hybridized carbons (Fsp3) is 0.667. The number of benzene rings is 1. The summed E-state index contributed by atoms with van der Waals surface area (Å²) in [5, 5.41) is 9.23. The number of ether oxygens (including phenoxy) is 2. The highest BCUT2D eigenvalue weighted by Gasteiger charge is 2.61. The van der Waals surface area contributed by atoms with Gasteiger partial charge in [-0.25, -0.2) is 4.89 Å². The second-order valence-electron chi connectivity index (χ2n) is 6.90. The van der Waals surface area contributed by atoms with Gasteiger partial charge in [0.1, 0.15) is 0 Å². The van der Waals surface area contributed by atoms with E-state index < -0.39 is 17.7 Å². The molecule has 0 radical (unpaired) electrons. The first-order valence-electron chi connectivity index (χ1n) is 8.50. The van der Waals surface area contributed by atoms with E-state index in [4.69, 9.17) is 19.2 Å². The molecule has 4 atom stereocenters. The minimum Gasteiger partial charge on any atom is -0.392 e. The smallest absolute Gasteiger partial charge is 0.230 e. The second-order valence-corrected chi connectivity index (χ2v) is 6.90. The second kappa shape index (κ2) is 5.83. The van der Waals surface area contributed by atoms with Gasteiger partial charge in [0.15, 0.2) is 11.9 Å². The third-order valence-electron chi connectivity index (χ3n) is 5.70. The van der Waals surface area contributed by atoms with Crippen molar-refractivity contribution in [2.45, 2.75) is 62.8 Å². The summed E-state index contributed by atoms with van der Waals surface area (Å²) in [5.41, 5.74) is 1.30. The van der Waals surface area contributed by atoms with Crippen LogP contribution in [0.2, 0.25) is 0 Å². The molecule has 1 spiro atoms. The van der Waals surface area contributed by atoms with Gasteiger partial charge in [-0.05, 0) is 30.7 Å².